The van der Waals surface area contributed by atoms with Crippen LogP contribution in [0, 0.1) is 11.3 Å². The van der Waals surface area contributed by atoms with Crippen molar-refractivity contribution in [2.24, 2.45) is 0 Å². The average molecular weight is 339 g/mol. The van der Waals surface area contributed by atoms with Gasteiger partial charge in [0.1, 0.15) is 0 Å². The van der Waals surface area contributed by atoms with E-state index in [1.807, 2.05) is 28.9 Å². The number of tetrazole rings is 1. The summed E-state index contributed by atoms with van der Waals surface area (Å²) in [5.41, 5.74) is 1.87. The third-order valence-electron chi connectivity index (χ3n) is 4.49. The number of nitriles is 1. The normalized spacial score (nSPS) is 16.7. The van der Waals surface area contributed by atoms with Crippen LogP contribution in [0.4, 0.5) is 0 Å². The molecule has 0 N–H and O–H groups in total. The second-order valence-electron chi connectivity index (χ2n) is 7.54. The lowest BCUT2D eigenvalue weighted by Gasteiger charge is -2.34. The Hall–Kier alpha value is -2.30. The molecule has 1 aromatic heterocycles. The quantitative estimate of drug-likeness (QED) is 0.843. The SMILES string of the molecule is CC(C)(C)n1nnnc1CN1CCN(Cc2ccc(C#N)cc2)CC1. The predicted molar refractivity (Wildman–Crippen MR) is 94.5 cm³/mol. The molecular formula is C18H25N7. The molecule has 1 aliphatic rings. The molecular weight excluding hydrogens is 314 g/mol. The smallest absolute Gasteiger partial charge is 0.165 e. The minimum atomic E-state index is -0.101. The molecule has 2 aromatic rings. The summed E-state index contributed by atoms with van der Waals surface area (Å²) in [4.78, 5) is 4.85. The van der Waals surface area contributed by atoms with E-state index in [-0.39, 0.29) is 5.54 Å². The lowest BCUT2D eigenvalue weighted by atomic mass is 10.1. The van der Waals surface area contributed by atoms with Gasteiger partial charge in [0, 0.05) is 32.7 Å². The number of rotatable bonds is 4. The molecule has 0 saturated carbocycles. The van der Waals surface area contributed by atoms with Crippen molar-refractivity contribution in [3.63, 3.8) is 0 Å². The van der Waals surface area contributed by atoms with Gasteiger partial charge in [0.15, 0.2) is 5.82 Å². The highest BCUT2D eigenvalue weighted by atomic mass is 15.6. The third kappa shape index (κ3) is 4.41. The first kappa shape index (κ1) is 17.5. The van der Waals surface area contributed by atoms with Crippen LogP contribution in [-0.2, 0) is 18.6 Å². The van der Waals surface area contributed by atoms with Crippen LogP contribution < -0.4 is 0 Å². The first-order chi connectivity index (χ1) is 12.0. The van der Waals surface area contributed by atoms with Crippen molar-refractivity contribution in [1.29, 1.82) is 5.26 Å². The van der Waals surface area contributed by atoms with E-state index in [1.54, 1.807) is 0 Å². The van der Waals surface area contributed by atoms with E-state index < -0.39 is 0 Å². The second-order valence-corrected chi connectivity index (χ2v) is 7.54. The van der Waals surface area contributed by atoms with Gasteiger partial charge in [-0.1, -0.05) is 12.1 Å². The zero-order valence-corrected chi connectivity index (χ0v) is 15.2. The van der Waals surface area contributed by atoms with Crippen molar-refractivity contribution in [3.8, 4) is 6.07 Å². The van der Waals surface area contributed by atoms with Crippen molar-refractivity contribution in [2.75, 3.05) is 26.2 Å². The highest BCUT2D eigenvalue weighted by Crippen LogP contribution is 2.16. The summed E-state index contributed by atoms with van der Waals surface area (Å²) in [6.45, 7) is 12.1. The third-order valence-corrected chi connectivity index (χ3v) is 4.49. The van der Waals surface area contributed by atoms with E-state index in [0.717, 1.165) is 45.1 Å². The van der Waals surface area contributed by atoms with Gasteiger partial charge in [0.05, 0.1) is 23.7 Å². The number of hydrogen-bond acceptors (Lipinski definition) is 6. The average Bonchev–Trinajstić information content (AvgIpc) is 3.06. The van der Waals surface area contributed by atoms with Gasteiger partial charge in [-0.3, -0.25) is 9.80 Å². The van der Waals surface area contributed by atoms with E-state index in [4.69, 9.17) is 5.26 Å². The number of nitrogens with zero attached hydrogens (tertiary/aromatic N) is 7. The van der Waals surface area contributed by atoms with Crippen LogP contribution in [0.2, 0.25) is 0 Å². The van der Waals surface area contributed by atoms with Crippen LogP contribution in [0.3, 0.4) is 0 Å². The van der Waals surface area contributed by atoms with E-state index in [1.165, 1.54) is 5.56 Å². The molecule has 25 heavy (non-hydrogen) atoms. The van der Waals surface area contributed by atoms with Gasteiger partial charge in [-0.05, 0) is 48.9 Å². The summed E-state index contributed by atoms with van der Waals surface area (Å²) in [7, 11) is 0. The predicted octanol–water partition coefficient (Wildman–Crippen LogP) is 1.62. The van der Waals surface area contributed by atoms with E-state index in [9.17, 15) is 0 Å². The maximum absolute atomic E-state index is 8.87. The molecule has 0 atom stereocenters. The van der Waals surface area contributed by atoms with Gasteiger partial charge < -0.3 is 0 Å². The fraction of sp³-hybridized carbons (Fsp3) is 0.556. The molecule has 1 fully saturated rings. The summed E-state index contributed by atoms with van der Waals surface area (Å²) in [5.74, 6) is 0.924. The van der Waals surface area contributed by atoms with Gasteiger partial charge in [0.25, 0.3) is 0 Å². The summed E-state index contributed by atoms with van der Waals surface area (Å²) in [6, 6.07) is 10.0. The molecule has 0 spiro atoms. The van der Waals surface area contributed by atoms with Crippen molar-refractivity contribution in [2.45, 2.75) is 39.4 Å². The minimum Gasteiger partial charge on any atom is -0.297 e. The van der Waals surface area contributed by atoms with Crippen molar-refractivity contribution in [1.82, 2.24) is 30.0 Å². The molecule has 3 rings (SSSR count). The molecule has 7 heteroatoms. The van der Waals surface area contributed by atoms with E-state index >= 15 is 0 Å². The maximum atomic E-state index is 8.87. The molecule has 0 unspecified atom stereocenters. The molecule has 0 bridgehead atoms. The van der Waals surface area contributed by atoms with Gasteiger partial charge >= 0.3 is 0 Å². The molecule has 7 nitrogen and oxygen atoms in total. The standard InChI is InChI=1S/C18H25N7/c1-18(2,3)25-17(20-21-22-25)14-24-10-8-23(9-11-24)13-16-6-4-15(12-19)5-7-16/h4-7H,8-11,13-14H2,1-3H3. The Balaban J connectivity index is 1.52. The minimum absolute atomic E-state index is 0.101. The van der Waals surface area contributed by atoms with E-state index in [0.29, 0.717) is 5.56 Å². The number of piperazine rings is 1. The van der Waals surface area contributed by atoms with Crippen LogP contribution in [0.1, 0.15) is 37.7 Å². The first-order valence-corrected chi connectivity index (χ1v) is 8.67. The van der Waals surface area contributed by atoms with Gasteiger partial charge in [-0.15, -0.1) is 5.10 Å². The van der Waals surface area contributed by atoms with Gasteiger partial charge in [-0.25, -0.2) is 4.68 Å². The number of benzene rings is 1. The molecule has 0 radical (unpaired) electrons. The lowest BCUT2D eigenvalue weighted by Crippen LogP contribution is -2.46. The first-order valence-electron chi connectivity index (χ1n) is 8.67. The van der Waals surface area contributed by atoms with Crippen molar-refractivity contribution in [3.05, 3.63) is 41.2 Å². The molecule has 1 aliphatic heterocycles. The molecule has 1 aromatic carbocycles. The van der Waals surface area contributed by atoms with Crippen molar-refractivity contribution >= 4 is 0 Å². The zero-order chi connectivity index (χ0) is 17.9. The van der Waals surface area contributed by atoms with Gasteiger partial charge in [0.2, 0.25) is 0 Å². The van der Waals surface area contributed by atoms with Crippen LogP contribution in [0.5, 0.6) is 0 Å². The molecule has 1 saturated heterocycles. The topological polar surface area (TPSA) is 73.9 Å². The monoisotopic (exact) mass is 339 g/mol. The van der Waals surface area contributed by atoms with Gasteiger partial charge in [-0.2, -0.15) is 5.26 Å². The largest absolute Gasteiger partial charge is 0.297 e. The Morgan fingerprint density at radius 1 is 1.00 bits per heavy atom. The number of aromatic nitrogens is 4. The summed E-state index contributed by atoms with van der Waals surface area (Å²) >= 11 is 0. The van der Waals surface area contributed by atoms with Crippen LogP contribution in [0.15, 0.2) is 24.3 Å². The highest BCUT2D eigenvalue weighted by molar-refractivity contribution is 5.31. The summed E-state index contributed by atoms with van der Waals surface area (Å²) in [5, 5.41) is 21.0. The highest BCUT2D eigenvalue weighted by Gasteiger charge is 2.23. The Morgan fingerprint density at radius 2 is 1.60 bits per heavy atom. The molecule has 2 heterocycles. The van der Waals surface area contributed by atoms with Crippen LogP contribution in [0.25, 0.3) is 0 Å². The summed E-state index contributed by atoms with van der Waals surface area (Å²) in [6.07, 6.45) is 0. The molecule has 132 valence electrons. The zero-order valence-electron chi connectivity index (χ0n) is 15.2. The Kier molecular flexibility index (Phi) is 5.11. The Labute approximate surface area is 148 Å². The fourth-order valence-corrected chi connectivity index (χ4v) is 3.07. The second kappa shape index (κ2) is 7.30. The summed E-state index contributed by atoms with van der Waals surface area (Å²) < 4.78 is 1.91. The van der Waals surface area contributed by atoms with E-state index in [2.05, 4.69) is 52.2 Å². The Bertz CT molecular complexity index is 728. The van der Waals surface area contributed by atoms with Crippen molar-refractivity contribution < 1.29 is 0 Å². The fourth-order valence-electron chi connectivity index (χ4n) is 3.07. The lowest BCUT2D eigenvalue weighted by molar-refractivity contribution is 0.116. The molecule has 0 aliphatic carbocycles. The molecule has 0 amide bonds. The Morgan fingerprint density at radius 3 is 2.16 bits per heavy atom. The van der Waals surface area contributed by atoms with Crippen LogP contribution >= 0.6 is 0 Å². The maximum Gasteiger partial charge on any atom is 0.165 e. The van der Waals surface area contributed by atoms with Crippen LogP contribution in [-0.4, -0.2) is 56.2 Å². The number of hydrogen-bond donors (Lipinski definition) is 0.